The summed E-state index contributed by atoms with van der Waals surface area (Å²) in [6, 6.07) is 16.7. The van der Waals surface area contributed by atoms with Gasteiger partial charge in [0.1, 0.15) is 0 Å². The first-order chi connectivity index (χ1) is 16.4. The van der Waals surface area contributed by atoms with Crippen molar-refractivity contribution in [1.29, 1.82) is 0 Å². The maximum Gasteiger partial charge on any atom is 0.363 e. The van der Waals surface area contributed by atoms with Crippen LogP contribution in [0, 0.1) is 0 Å². The molecule has 0 unspecified atom stereocenters. The summed E-state index contributed by atoms with van der Waals surface area (Å²) in [5.41, 5.74) is 1.62. The average molecular weight is 517 g/mol. The van der Waals surface area contributed by atoms with E-state index < -0.39 is 5.97 Å². The van der Waals surface area contributed by atoms with Crippen LogP contribution in [0.25, 0.3) is 6.08 Å². The van der Waals surface area contributed by atoms with E-state index in [4.69, 9.17) is 49.0 Å². The molecule has 0 amide bonds. The number of hydrogen-bond acceptors (Lipinski definition) is 6. The topological polar surface area (TPSA) is 74.2 Å². The molecule has 6 nitrogen and oxygen atoms in total. The number of Topliss-reactive ketones (excluding diaryl/α,β-unsaturated/α-hetero) is 1. The Balaban J connectivity index is 1.57. The molecule has 0 N–H and O–H groups in total. The number of aliphatic imine (C=N–C) groups is 1. The Hall–Kier alpha value is -3.32. The zero-order valence-electron chi connectivity index (χ0n) is 17.7. The van der Waals surface area contributed by atoms with E-state index in [1.54, 1.807) is 54.6 Å². The van der Waals surface area contributed by atoms with Crippen molar-refractivity contribution in [2.75, 3.05) is 13.7 Å². The average Bonchev–Trinajstić information content (AvgIpc) is 3.20. The minimum atomic E-state index is -0.634. The smallest absolute Gasteiger partial charge is 0.363 e. The van der Waals surface area contributed by atoms with Crippen molar-refractivity contribution in [1.82, 2.24) is 0 Å². The highest BCUT2D eigenvalue weighted by Gasteiger charge is 2.25. The van der Waals surface area contributed by atoms with Crippen LogP contribution in [-0.4, -0.2) is 31.4 Å². The zero-order chi connectivity index (χ0) is 24.2. The maximum absolute atomic E-state index is 12.3. The molecule has 9 heteroatoms. The van der Waals surface area contributed by atoms with Gasteiger partial charge >= 0.3 is 5.97 Å². The highest BCUT2D eigenvalue weighted by atomic mass is 35.5. The molecule has 0 fully saturated rings. The van der Waals surface area contributed by atoms with Crippen LogP contribution in [-0.2, 0) is 9.53 Å². The Morgan fingerprint density at radius 2 is 1.76 bits per heavy atom. The van der Waals surface area contributed by atoms with Gasteiger partial charge in [-0.2, -0.15) is 0 Å². The fraction of sp³-hybridized carbons (Fsp3) is 0.0800. The van der Waals surface area contributed by atoms with E-state index in [1.807, 2.05) is 6.07 Å². The third-order valence-corrected chi connectivity index (χ3v) is 5.81. The van der Waals surface area contributed by atoms with E-state index in [0.717, 1.165) is 0 Å². The van der Waals surface area contributed by atoms with Gasteiger partial charge in [0.05, 0.1) is 22.2 Å². The summed E-state index contributed by atoms with van der Waals surface area (Å²) in [6.07, 6.45) is 1.50. The Kier molecular flexibility index (Phi) is 7.22. The van der Waals surface area contributed by atoms with E-state index in [0.29, 0.717) is 32.5 Å². The molecule has 172 valence electrons. The van der Waals surface area contributed by atoms with E-state index in [1.165, 1.54) is 13.2 Å². The SMILES string of the molecule is COc1cc(/C=C2\N=C(c3ccc(Cl)c(Cl)c3)OC2=O)cc(Cl)c1OCC(=O)c1ccccc1. The van der Waals surface area contributed by atoms with Gasteiger partial charge in [0.25, 0.3) is 0 Å². The van der Waals surface area contributed by atoms with Gasteiger partial charge < -0.3 is 14.2 Å². The summed E-state index contributed by atoms with van der Waals surface area (Å²) < 4.78 is 16.3. The Labute approximate surface area is 210 Å². The van der Waals surface area contributed by atoms with Crippen LogP contribution < -0.4 is 9.47 Å². The quantitative estimate of drug-likeness (QED) is 0.210. The zero-order valence-corrected chi connectivity index (χ0v) is 19.9. The summed E-state index contributed by atoms with van der Waals surface area (Å²) in [4.78, 5) is 28.9. The first-order valence-electron chi connectivity index (χ1n) is 9.92. The first-order valence-corrected chi connectivity index (χ1v) is 11.1. The number of ketones is 1. The van der Waals surface area contributed by atoms with E-state index >= 15 is 0 Å². The third-order valence-electron chi connectivity index (χ3n) is 4.79. The minimum Gasteiger partial charge on any atom is -0.493 e. The molecule has 0 atom stereocenters. The molecular weight excluding hydrogens is 501 g/mol. The lowest BCUT2D eigenvalue weighted by atomic mass is 10.1. The van der Waals surface area contributed by atoms with Gasteiger partial charge in [-0.3, -0.25) is 4.79 Å². The number of carbonyl (C=O) groups excluding carboxylic acids is 2. The highest BCUT2D eigenvalue weighted by Crippen LogP contribution is 2.37. The predicted octanol–water partition coefficient (Wildman–Crippen LogP) is 6.26. The molecular formula is C25H16Cl3NO5. The van der Waals surface area contributed by atoms with Crippen molar-refractivity contribution in [2.24, 2.45) is 4.99 Å². The van der Waals surface area contributed by atoms with Gasteiger partial charge in [0.2, 0.25) is 5.90 Å². The van der Waals surface area contributed by atoms with E-state index in [2.05, 4.69) is 4.99 Å². The molecule has 1 heterocycles. The monoisotopic (exact) mass is 515 g/mol. The molecule has 34 heavy (non-hydrogen) atoms. The van der Waals surface area contributed by atoms with Crippen LogP contribution in [0.3, 0.4) is 0 Å². The predicted molar refractivity (Wildman–Crippen MR) is 131 cm³/mol. The summed E-state index contributed by atoms with van der Waals surface area (Å²) in [6.45, 7) is -0.218. The molecule has 1 aliphatic rings. The normalized spacial score (nSPS) is 14.1. The molecule has 0 spiro atoms. The Bertz CT molecular complexity index is 1340. The number of nitrogens with zero attached hydrogens (tertiary/aromatic N) is 1. The highest BCUT2D eigenvalue weighted by molar-refractivity contribution is 6.42. The summed E-state index contributed by atoms with van der Waals surface area (Å²) >= 11 is 18.4. The second kappa shape index (κ2) is 10.3. The minimum absolute atomic E-state index is 0.0621. The maximum atomic E-state index is 12.3. The number of halogens is 3. The summed E-state index contributed by atoms with van der Waals surface area (Å²) in [5, 5.41) is 0.890. The second-order valence-electron chi connectivity index (χ2n) is 7.08. The number of rotatable bonds is 7. The summed E-state index contributed by atoms with van der Waals surface area (Å²) in [5.74, 6) is -0.232. The molecule has 3 aromatic rings. The molecule has 0 aliphatic carbocycles. The van der Waals surface area contributed by atoms with Crippen molar-refractivity contribution in [3.63, 3.8) is 0 Å². The van der Waals surface area contributed by atoms with Crippen molar-refractivity contribution in [3.05, 3.63) is 98.1 Å². The van der Waals surface area contributed by atoms with Crippen LogP contribution >= 0.6 is 34.8 Å². The number of methoxy groups -OCH3 is 1. The number of cyclic esters (lactones) is 1. The van der Waals surface area contributed by atoms with Crippen molar-refractivity contribution in [2.45, 2.75) is 0 Å². The number of carbonyl (C=O) groups is 2. The van der Waals surface area contributed by atoms with Crippen LogP contribution in [0.5, 0.6) is 11.5 Å². The fourth-order valence-electron chi connectivity index (χ4n) is 3.13. The molecule has 0 radical (unpaired) electrons. The molecule has 0 bridgehead atoms. The van der Waals surface area contributed by atoms with Gasteiger partial charge in [-0.1, -0.05) is 65.1 Å². The van der Waals surface area contributed by atoms with E-state index in [9.17, 15) is 9.59 Å². The van der Waals surface area contributed by atoms with Crippen LogP contribution in [0.15, 0.2) is 71.4 Å². The fourth-order valence-corrected chi connectivity index (χ4v) is 3.70. The van der Waals surface area contributed by atoms with Crippen LogP contribution in [0.1, 0.15) is 21.5 Å². The number of ether oxygens (including phenoxy) is 3. The van der Waals surface area contributed by atoms with Gasteiger partial charge in [0.15, 0.2) is 29.6 Å². The molecule has 0 saturated heterocycles. The third kappa shape index (κ3) is 5.25. The molecule has 3 aromatic carbocycles. The standard InChI is InChI=1S/C25H16Cl3NO5/c1-32-22-11-14(9-19(28)23(22)33-13-21(30)15-5-3-2-4-6-15)10-20-25(31)34-24(29-20)16-7-8-17(26)18(27)12-16/h2-12H,13H2,1H3/b20-10-. The lowest BCUT2D eigenvalue weighted by Gasteiger charge is -2.13. The van der Waals surface area contributed by atoms with Gasteiger partial charge in [-0.15, -0.1) is 0 Å². The second-order valence-corrected chi connectivity index (χ2v) is 8.30. The number of hydrogen-bond donors (Lipinski definition) is 0. The lowest BCUT2D eigenvalue weighted by molar-refractivity contribution is -0.129. The number of benzene rings is 3. The van der Waals surface area contributed by atoms with Crippen LogP contribution in [0.4, 0.5) is 0 Å². The van der Waals surface area contributed by atoms with Gasteiger partial charge in [0, 0.05) is 11.1 Å². The first kappa shape index (κ1) is 23.8. The molecule has 0 saturated carbocycles. The van der Waals surface area contributed by atoms with Crippen molar-refractivity contribution in [3.8, 4) is 11.5 Å². The number of esters is 1. The van der Waals surface area contributed by atoms with Crippen LogP contribution in [0.2, 0.25) is 15.1 Å². The van der Waals surface area contributed by atoms with Gasteiger partial charge in [-0.25, -0.2) is 9.79 Å². The largest absolute Gasteiger partial charge is 0.493 e. The van der Waals surface area contributed by atoms with Crippen molar-refractivity contribution >= 4 is 58.5 Å². The molecule has 0 aromatic heterocycles. The van der Waals surface area contributed by atoms with Crippen molar-refractivity contribution < 1.29 is 23.8 Å². The Morgan fingerprint density at radius 1 is 1.00 bits per heavy atom. The Morgan fingerprint density at radius 3 is 2.47 bits per heavy atom. The van der Waals surface area contributed by atoms with Gasteiger partial charge in [-0.05, 0) is 42.0 Å². The summed E-state index contributed by atoms with van der Waals surface area (Å²) in [7, 11) is 1.44. The lowest BCUT2D eigenvalue weighted by Crippen LogP contribution is -2.12. The molecule has 4 rings (SSSR count). The molecule has 1 aliphatic heterocycles. The van der Waals surface area contributed by atoms with E-state index in [-0.39, 0.29) is 34.8 Å².